The van der Waals surface area contributed by atoms with Crippen LogP contribution in [0.3, 0.4) is 0 Å². The molecule has 45 heavy (non-hydrogen) atoms. The third-order valence-electron chi connectivity index (χ3n) is 8.08. The molecule has 0 bridgehead atoms. The van der Waals surface area contributed by atoms with Gasteiger partial charge in [0.05, 0.1) is 11.3 Å². The normalized spacial score (nSPS) is 15.4. The minimum atomic E-state index is 0.123. The Balaban J connectivity index is 1.14. The SMILES string of the molecule is N#Cc1ncnc(NC2CCCN(Cc3ccc(-n4c(-c5cccnc5N)nc5ccc(-c6ccccc6)nc54)cc3)CC2)n1. The third-order valence-corrected chi connectivity index (χ3v) is 8.08. The van der Waals surface area contributed by atoms with Crippen molar-refractivity contribution in [1.82, 2.24) is 39.4 Å². The van der Waals surface area contributed by atoms with Crippen LogP contribution in [0, 0.1) is 11.3 Å². The van der Waals surface area contributed by atoms with E-state index in [0.717, 1.165) is 72.6 Å². The van der Waals surface area contributed by atoms with E-state index in [2.05, 4.69) is 71.1 Å². The van der Waals surface area contributed by atoms with Crippen LogP contribution in [0.1, 0.15) is 30.7 Å². The van der Waals surface area contributed by atoms with Crippen LogP contribution >= 0.6 is 0 Å². The molecular weight excluding hydrogens is 562 g/mol. The molecule has 7 rings (SSSR count). The first-order valence-electron chi connectivity index (χ1n) is 15.0. The van der Waals surface area contributed by atoms with E-state index < -0.39 is 0 Å². The molecule has 1 aliphatic rings. The number of nitrogens with zero attached hydrogens (tertiary/aromatic N) is 9. The number of nitriles is 1. The molecular formula is C34H31N11. The van der Waals surface area contributed by atoms with Gasteiger partial charge >= 0.3 is 0 Å². The highest BCUT2D eigenvalue weighted by atomic mass is 15.2. The summed E-state index contributed by atoms with van der Waals surface area (Å²) < 4.78 is 2.07. The first-order valence-corrected chi connectivity index (χ1v) is 15.0. The summed E-state index contributed by atoms with van der Waals surface area (Å²) >= 11 is 0. The third kappa shape index (κ3) is 6.04. The molecule has 1 unspecified atom stereocenters. The number of fused-ring (bicyclic) bond motifs is 1. The van der Waals surface area contributed by atoms with Gasteiger partial charge in [0.1, 0.15) is 23.7 Å². The lowest BCUT2D eigenvalue weighted by Crippen LogP contribution is -2.26. The van der Waals surface area contributed by atoms with E-state index in [9.17, 15) is 0 Å². The highest BCUT2D eigenvalue weighted by molar-refractivity contribution is 5.84. The molecule has 0 spiro atoms. The van der Waals surface area contributed by atoms with Crippen molar-refractivity contribution in [1.29, 1.82) is 5.26 Å². The molecule has 5 heterocycles. The lowest BCUT2D eigenvalue weighted by atomic mass is 10.1. The average Bonchev–Trinajstić information content (AvgIpc) is 3.32. The quantitative estimate of drug-likeness (QED) is 0.251. The van der Waals surface area contributed by atoms with E-state index in [1.807, 2.05) is 48.5 Å². The maximum absolute atomic E-state index is 9.08. The van der Waals surface area contributed by atoms with Gasteiger partial charge in [-0.2, -0.15) is 10.2 Å². The summed E-state index contributed by atoms with van der Waals surface area (Å²) in [6.45, 7) is 2.79. The van der Waals surface area contributed by atoms with Crippen LogP contribution in [-0.4, -0.2) is 58.5 Å². The van der Waals surface area contributed by atoms with Gasteiger partial charge in [-0.1, -0.05) is 42.5 Å². The van der Waals surface area contributed by atoms with Crippen molar-refractivity contribution in [3.05, 3.63) is 103 Å². The zero-order valence-electron chi connectivity index (χ0n) is 24.6. The topological polar surface area (TPSA) is 147 Å². The Bertz CT molecular complexity index is 1980. The number of imidazole rings is 1. The molecule has 2 aromatic carbocycles. The number of anilines is 2. The van der Waals surface area contributed by atoms with Crippen LogP contribution in [0.15, 0.2) is 91.4 Å². The number of likely N-dealkylation sites (tertiary alicyclic amines) is 1. The van der Waals surface area contributed by atoms with Gasteiger partial charge in [-0.3, -0.25) is 9.47 Å². The number of nitrogens with one attached hydrogen (secondary N) is 1. The van der Waals surface area contributed by atoms with Crippen LogP contribution in [-0.2, 0) is 6.54 Å². The molecule has 11 heteroatoms. The van der Waals surface area contributed by atoms with Crippen molar-refractivity contribution in [2.45, 2.75) is 31.8 Å². The van der Waals surface area contributed by atoms with E-state index >= 15 is 0 Å². The van der Waals surface area contributed by atoms with Crippen molar-refractivity contribution in [3.8, 4) is 34.4 Å². The Kier molecular flexibility index (Phi) is 7.78. The molecule has 1 fully saturated rings. The average molecular weight is 594 g/mol. The van der Waals surface area contributed by atoms with Gasteiger partial charge in [-0.15, -0.1) is 0 Å². The molecule has 1 atom stereocenters. The molecule has 11 nitrogen and oxygen atoms in total. The standard InChI is InChI=1S/C34H31N11/c35-20-30-38-22-39-34(43-30)40-25-8-5-18-44(19-16-25)21-23-10-12-26(13-11-23)45-32(27-9-4-17-37-31(27)36)42-29-15-14-28(41-33(29)45)24-6-2-1-3-7-24/h1-4,6-7,9-15,17,22,25H,5,8,16,18-19,21H2,(H2,36,37)(H,38,39,40,43). The van der Waals surface area contributed by atoms with Crippen molar-refractivity contribution < 1.29 is 0 Å². The predicted octanol–water partition coefficient (Wildman–Crippen LogP) is 5.25. The first-order chi connectivity index (χ1) is 22.1. The number of nitrogen functional groups attached to an aromatic ring is 1. The van der Waals surface area contributed by atoms with Crippen molar-refractivity contribution in [3.63, 3.8) is 0 Å². The Morgan fingerprint density at radius 1 is 0.867 bits per heavy atom. The second-order valence-corrected chi connectivity index (χ2v) is 11.1. The molecule has 6 aromatic rings. The number of benzene rings is 2. The summed E-state index contributed by atoms with van der Waals surface area (Å²) in [5, 5.41) is 12.5. The van der Waals surface area contributed by atoms with Gasteiger partial charge in [0.25, 0.3) is 0 Å². The van der Waals surface area contributed by atoms with Gasteiger partial charge in [0, 0.05) is 36.6 Å². The summed E-state index contributed by atoms with van der Waals surface area (Å²) in [6, 6.07) is 28.8. The fourth-order valence-electron chi connectivity index (χ4n) is 5.83. The van der Waals surface area contributed by atoms with Gasteiger partial charge in [-0.05, 0) is 67.8 Å². The number of nitrogens with two attached hydrogens (primary N) is 1. The van der Waals surface area contributed by atoms with Crippen LogP contribution in [0.5, 0.6) is 0 Å². The van der Waals surface area contributed by atoms with E-state index in [-0.39, 0.29) is 11.9 Å². The Morgan fingerprint density at radius 3 is 2.56 bits per heavy atom. The van der Waals surface area contributed by atoms with Crippen LogP contribution in [0.25, 0.3) is 39.5 Å². The summed E-state index contributed by atoms with van der Waals surface area (Å²) in [4.78, 5) is 29.0. The summed E-state index contributed by atoms with van der Waals surface area (Å²) in [7, 11) is 0. The molecule has 222 valence electrons. The second-order valence-electron chi connectivity index (χ2n) is 11.1. The Labute approximate surface area is 260 Å². The number of rotatable bonds is 7. The summed E-state index contributed by atoms with van der Waals surface area (Å²) in [5.41, 5.74) is 12.7. The zero-order valence-corrected chi connectivity index (χ0v) is 24.6. The molecule has 0 aliphatic carbocycles. The smallest absolute Gasteiger partial charge is 0.236 e. The molecule has 3 N–H and O–H groups in total. The first kappa shape index (κ1) is 28.1. The summed E-state index contributed by atoms with van der Waals surface area (Å²) in [6.07, 6.45) is 6.08. The second kappa shape index (κ2) is 12.5. The minimum absolute atomic E-state index is 0.123. The lowest BCUT2D eigenvalue weighted by molar-refractivity contribution is 0.276. The Hall–Kier alpha value is -5.73. The van der Waals surface area contributed by atoms with Crippen LogP contribution < -0.4 is 11.1 Å². The molecule has 1 aliphatic heterocycles. The van der Waals surface area contributed by atoms with E-state index in [1.54, 1.807) is 6.20 Å². The number of hydrogen-bond acceptors (Lipinski definition) is 10. The van der Waals surface area contributed by atoms with Crippen molar-refractivity contribution >= 4 is 22.9 Å². The van der Waals surface area contributed by atoms with Crippen molar-refractivity contribution in [2.24, 2.45) is 0 Å². The van der Waals surface area contributed by atoms with Crippen LogP contribution in [0.2, 0.25) is 0 Å². The van der Waals surface area contributed by atoms with E-state index in [1.165, 1.54) is 11.9 Å². The molecule has 4 aromatic heterocycles. The maximum Gasteiger partial charge on any atom is 0.236 e. The zero-order chi connectivity index (χ0) is 30.6. The maximum atomic E-state index is 9.08. The molecule has 1 saturated heterocycles. The van der Waals surface area contributed by atoms with Crippen LogP contribution in [0.4, 0.5) is 11.8 Å². The highest BCUT2D eigenvalue weighted by Gasteiger charge is 2.20. The summed E-state index contributed by atoms with van der Waals surface area (Å²) in [5.74, 6) is 1.70. The molecule has 0 radical (unpaired) electrons. The van der Waals surface area contributed by atoms with E-state index in [0.29, 0.717) is 17.6 Å². The van der Waals surface area contributed by atoms with Gasteiger partial charge in [-0.25, -0.2) is 24.9 Å². The molecule has 0 amide bonds. The van der Waals surface area contributed by atoms with Crippen molar-refractivity contribution in [2.75, 3.05) is 24.1 Å². The fraction of sp³-hybridized carbons (Fsp3) is 0.206. The van der Waals surface area contributed by atoms with Gasteiger partial charge in [0.2, 0.25) is 11.8 Å². The predicted molar refractivity (Wildman–Crippen MR) is 173 cm³/mol. The fourth-order valence-corrected chi connectivity index (χ4v) is 5.83. The monoisotopic (exact) mass is 593 g/mol. The largest absolute Gasteiger partial charge is 0.383 e. The van der Waals surface area contributed by atoms with Gasteiger partial charge in [0.15, 0.2) is 11.5 Å². The molecule has 0 saturated carbocycles. The number of aromatic nitrogens is 7. The highest BCUT2D eigenvalue weighted by Crippen LogP contribution is 2.32. The minimum Gasteiger partial charge on any atom is -0.383 e. The number of hydrogen-bond donors (Lipinski definition) is 2. The number of pyridine rings is 2. The van der Waals surface area contributed by atoms with Gasteiger partial charge < -0.3 is 11.1 Å². The van der Waals surface area contributed by atoms with E-state index in [4.69, 9.17) is 21.0 Å². The lowest BCUT2D eigenvalue weighted by Gasteiger charge is -2.21. The Morgan fingerprint density at radius 2 is 1.73 bits per heavy atom.